The average Bonchev–Trinajstić information content (AvgIpc) is 3.00. The number of benzene rings is 4. The average molecular weight is 623 g/mol. The number of ether oxygens (including phenoxy) is 3. The number of phenols is 4. The third-order valence-corrected chi connectivity index (χ3v) is 8.20. The summed E-state index contributed by atoms with van der Waals surface area (Å²) in [5.74, 6) is 1.56. The van der Waals surface area contributed by atoms with E-state index >= 15 is 0 Å². The molecule has 0 saturated heterocycles. The first kappa shape index (κ1) is 32.5. The van der Waals surface area contributed by atoms with Crippen LogP contribution in [0.15, 0.2) is 84.4 Å². The molecule has 0 aromatic heterocycles. The van der Waals surface area contributed by atoms with Crippen LogP contribution in [0.25, 0.3) is 12.2 Å². The fourth-order valence-corrected chi connectivity index (χ4v) is 5.61. The molecule has 0 saturated carbocycles. The molecule has 1 aliphatic heterocycles. The second-order valence-corrected chi connectivity index (χ2v) is 12.6. The highest BCUT2D eigenvalue weighted by molar-refractivity contribution is 5.72. The number of hydrogen-bond acceptors (Lipinski definition) is 7. The van der Waals surface area contributed by atoms with E-state index in [0.717, 1.165) is 40.7 Å². The van der Waals surface area contributed by atoms with E-state index in [4.69, 9.17) is 14.2 Å². The molecule has 240 valence electrons. The summed E-state index contributed by atoms with van der Waals surface area (Å²) in [5, 5.41) is 42.3. The first-order valence-electron chi connectivity index (χ1n) is 15.4. The monoisotopic (exact) mass is 622 g/mol. The van der Waals surface area contributed by atoms with Crippen LogP contribution in [0.5, 0.6) is 34.5 Å². The molecule has 46 heavy (non-hydrogen) atoms. The Bertz CT molecular complexity index is 1710. The van der Waals surface area contributed by atoms with Crippen LogP contribution >= 0.6 is 0 Å². The zero-order valence-corrected chi connectivity index (χ0v) is 26.9. The van der Waals surface area contributed by atoms with Crippen molar-refractivity contribution in [3.8, 4) is 34.5 Å². The molecule has 0 spiro atoms. The van der Waals surface area contributed by atoms with Gasteiger partial charge in [0.2, 0.25) is 0 Å². The van der Waals surface area contributed by atoms with E-state index < -0.39 is 12.2 Å². The Morgan fingerprint density at radius 1 is 0.804 bits per heavy atom. The van der Waals surface area contributed by atoms with Crippen molar-refractivity contribution >= 4 is 12.2 Å². The van der Waals surface area contributed by atoms with Crippen molar-refractivity contribution in [2.75, 3.05) is 7.11 Å². The van der Waals surface area contributed by atoms with E-state index in [1.54, 1.807) is 49.6 Å². The third kappa shape index (κ3) is 7.66. The van der Waals surface area contributed by atoms with Gasteiger partial charge in [0.05, 0.1) is 0 Å². The van der Waals surface area contributed by atoms with Crippen LogP contribution in [0.4, 0.5) is 0 Å². The van der Waals surface area contributed by atoms with Crippen LogP contribution in [0.3, 0.4) is 0 Å². The van der Waals surface area contributed by atoms with E-state index in [-0.39, 0.29) is 28.6 Å². The molecule has 1 heterocycles. The van der Waals surface area contributed by atoms with Crippen molar-refractivity contribution in [3.05, 3.63) is 118 Å². The smallest absolute Gasteiger partial charge is 0.154 e. The van der Waals surface area contributed by atoms with Crippen LogP contribution in [-0.2, 0) is 17.6 Å². The number of methoxy groups -OCH3 is 1. The molecule has 0 aliphatic carbocycles. The predicted molar refractivity (Wildman–Crippen MR) is 181 cm³/mol. The predicted octanol–water partition coefficient (Wildman–Crippen LogP) is 8.80. The molecule has 7 heteroatoms. The first-order chi connectivity index (χ1) is 21.9. The molecular formula is C39H42O7. The molecule has 0 fully saturated rings. The van der Waals surface area contributed by atoms with E-state index in [2.05, 4.69) is 13.8 Å². The van der Waals surface area contributed by atoms with Crippen molar-refractivity contribution < 1.29 is 34.6 Å². The normalized spacial score (nSPS) is 15.1. The van der Waals surface area contributed by atoms with E-state index in [9.17, 15) is 20.4 Å². The summed E-state index contributed by atoms with van der Waals surface area (Å²) in [6.07, 6.45) is 6.44. The maximum atomic E-state index is 10.9. The number of allylic oxidation sites excluding steroid dienone is 2. The lowest BCUT2D eigenvalue weighted by Gasteiger charge is -2.33. The lowest BCUT2D eigenvalue weighted by atomic mass is 9.93. The van der Waals surface area contributed by atoms with Gasteiger partial charge in [-0.2, -0.15) is 0 Å². The fourth-order valence-electron chi connectivity index (χ4n) is 5.61. The second-order valence-electron chi connectivity index (χ2n) is 12.6. The van der Waals surface area contributed by atoms with Crippen molar-refractivity contribution in [1.29, 1.82) is 0 Å². The van der Waals surface area contributed by atoms with Gasteiger partial charge in [0.15, 0.2) is 6.10 Å². The molecule has 7 nitrogen and oxygen atoms in total. The van der Waals surface area contributed by atoms with Crippen LogP contribution in [-0.4, -0.2) is 33.1 Å². The highest BCUT2D eigenvalue weighted by Crippen LogP contribution is 2.42. The third-order valence-electron chi connectivity index (χ3n) is 8.20. The highest BCUT2D eigenvalue weighted by atomic mass is 16.5. The second kappa shape index (κ2) is 13.6. The van der Waals surface area contributed by atoms with Gasteiger partial charge in [-0.1, -0.05) is 48.1 Å². The minimum Gasteiger partial charge on any atom is -0.508 e. The zero-order chi connectivity index (χ0) is 33.0. The van der Waals surface area contributed by atoms with Crippen molar-refractivity contribution in [2.24, 2.45) is 0 Å². The van der Waals surface area contributed by atoms with Gasteiger partial charge in [-0.05, 0) is 112 Å². The lowest BCUT2D eigenvalue weighted by Crippen LogP contribution is -2.32. The summed E-state index contributed by atoms with van der Waals surface area (Å²) < 4.78 is 18.5. The van der Waals surface area contributed by atoms with Crippen LogP contribution in [0, 0.1) is 0 Å². The summed E-state index contributed by atoms with van der Waals surface area (Å²) in [6, 6.07) is 21.1. The molecule has 4 aromatic rings. The number of aromatic hydroxyl groups is 4. The highest BCUT2D eigenvalue weighted by Gasteiger charge is 2.30. The Morgan fingerprint density at radius 2 is 1.46 bits per heavy atom. The molecule has 4 aromatic carbocycles. The molecule has 0 unspecified atom stereocenters. The molecule has 2 atom stereocenters. The van der Waals surface area contributed by atoms with Crippen LogP contribution in [0.2, 0.25) is 0 Å². The van der Waals surface area contributed by atoms with Gasteiger partial charge in [-0.15, -0.1) is 0 Å². The Labute approximate surface area is 270 Å². The molecule has 0 radical (unpaired) electrons. The quantitative estimate of drug-likeness (QED) is 0.103. The fraction of sp³-hybridized carbons (Fsp3) is 0.282. The van der Waals surface area contributed by atoms with E-state index in [1.165, 1.54) is 0 Å². The first-order valence-corrected chi connectivity index (χ1v) is 15.4. The minimum atomic E-state index is -0.757. The van der Waals surface area contributed by atoms with Gasteiger partial charge in [-0.3, -0.25) is 0 Å². The molecule has 5 rings (SSSR count). The summed E-state index contributed by atoms with van der Waals surface area (Å²) in [5.41, 5.74) is 5.11. The number of rotatable bonds is 10. The summed E-state index contributed by atoms with van der Waals surface area (Å²) in [6.45, 7) is 8.02. The Morgan fingerprint density at radius 3 is 2.09 bits per heavy atom. The Kier molecular flexibility index (Phi) is 9.63. The standard InChI is InChI=1S/C39H42O7/c1-24(2)6-17-31-34(42)22-28(23-35(31)43)38(37(44-5)27-11-13-29(40)14-12-27)45-30-15-9-25(10-16-30)7-8-26-20-33(41)32-18-19-39(3,4)46-36(32)21-26/h6-16,20-23,37-38,40-43H,17-19H2,1-5H3/b8-7+/t37-,38+/m0/s1. The largest absolute Gasteiger partial charge is 0.508 e. The van der Waals surface area contributed by atoms with Crippen molar-refractivity contribution in [1.82, 2.24) is 0 Å². The van der Waals surface area contributed by atoms with Gasteiger partial charge in [0, 0.05) is 23.8 Å². The maximum absolute atomic E-state index is 10.9. The number of fused-ring (bicyclic) bond motifs is 1. The van der Waals surface area contributed by atoms with Gasteiger partial charge in [0.1, 0.15) is 46.2 Å². The summed E-state index contributed by atoms with van der Waals surface area (Å²) in [4.78, 5) is 0. The van der Waals surface area contributed by atoms with Gasteiger partial charge >= 0.3 is 0 Å². The van der Waals surface area contributed by atoms with Gasteiger partial charge in [0.25, 0.3) is 0 Å². The summed E-state index contributed by atoms with van der Waals surface area (Å²) in [7, 11) is 1.56. The van der Waals surface area contributed by atoms with Gasteiger partial charge < -0.3 is 34.6 Å². The SMILES string of the molecule is CO[C@@H](c1ccc(O)cc1)[C@H](Oc1ccc(/C=C/c2cc(O)c3c(c2)OC(C)(C)CC3)cc1)c1cc(O)c(CC=C(C)C)c(O)c1. The summed E-state index contributed by atoms with van der Waals surface area (Å²) >= 11 is 0. The molecule has 1 aliphatic rings. The van der Waals surface area contributed by atoms with Crippen molar-refractivity contribution in [2.45, 2.75) is 64.8 Å². The zero-order valence-electron chi connectivity index (χ0n) is 26.9. The number of hydrogen-bond donors (Lipinski definition) is 4. The molecule has 0 bridgehead atoms. The maximum Gasteiger partial charge on any atom is 0.154 e. The van der Waals surface area contributed by atoms with E-state index in [0.29, 0.717) is 29.0 Å². The van der Waals surface area contributed by atoms with Crippen molar-refractivity contribution in [3.63, 3.8) is 0 Å². The topological polar surface area (TPSA) is 109 Å². The van der Waals surface area contributed by atoms with Gasteiger partial charge in [-0.25, -0.2) is 0 Å². The van der Waals surface area contributed by atoms with Crippen LogP contribution < -0.4 is 9.47 Å². The van der Waals surface area contributed by atoms with Crippen LogP contribution in [0.1, 0.15) is 79.7 Å². The Balaban J connectivity index is 1.42. The molecular weight excluding hydrogens is 580 g/mol. The lowest BCUT2D eigenvalue weighted by molar-refractivity contribution is -0.00119. The Hall–Kier alpha value is -4.88. The number of phenolic OH excluding ortho intramolecular Hbond substituents is 4. The molecule has 4 N–H and O–H groups in total. The van der Waals surface area contributed by atoms with E-state index in [1.807, 2.05) is 62.4 Å². The minimum absolute atomic E-state index is 0.0377. The molecule has 0 amide bonds.